The van der Waals surface area contributed by atoms with E-state index in [1.54, 1.807) is 12.1 Å². The Labute approximate surface area is 222 Å². The largest absolute Gasteiger partial charge is 0.478 e. The Kier molecular flexibility index (Phi) is 9.06. The number of rotatable bonds is 7. The standard InChI is InChI=1S/C27H27FN2.C4H4O4/c28-23-12-9-21(10-13-23)25-7-4-8-26-22(11-14-27(25)26)15-16-29-17-19-30(20-18-29)24-5-2-1-3-6-24;5-3(6)1-2-4(7)8/h1-13H,14-20H2;1-2H,(H,5,6)(H,7,8)/b;2-1-. The molecule has 1 aliphatic carbocycles. The number of benzene rings is 3. The van der Waals surface area contributed by atoms with Crippen LogP contribution in [0.2, 0.25) is 0 Å². The first-order chi connectivity index (χ1) is 18.4. The van der Waals surface area contributed by atoms with E-state index in [-0.39, 0.29) is 5.82 Å². The van der Waals surface area contributed by atoms with Crippen molar-refractivity contribution in [2.45, 2.75) is 12.8 Å². The van der Waals surface area contributed by atoms with Crippen molar-refractivity contribution in [3.8, 4) is 11.1 Å². The molecule has 0 radical (unpaired) electrons. The zero-order chi connectivity index (χ0) is 26.9. The second kappa shape index (κ2) is 12.8. The average molecular weight is 515 g/mol. The van der Waals surface area contributed by atoms with Crippen molar-refractivity contribution >= 4 is 23.2 Å². The maximum Gasteiger partial charge on any atom is 0.328 e. The highest BCUT2D eigenvalue weighted by atomic mass is 19.1. The van der Waals surface area contributed by atoms with E-state index < -0.39 is 11.9 Å². The van der Waals surface area contributed by atoms with Crippen molar-refractivity contribution in [2.24, 2.45) is 0 Å². The molecular weight excluding hydrogens is 483 g/mol. The summed E-state index contributed by atoms with van der Waals surface area (Å²) in [5.74, 6) is -2.70. The summed E-state index contributed by atoms with van der Waals surface area (Å²) in [4.78, 5) is 24.2. The highest BCUT2D eigenvalue weighted by Crippen LogP contribution is 2.36. The Morgan fingerprint density at radius 3 is 2.05 bits per heavy atom. The molecule has 0 amide bonds. The first-order valence-corrected chi connectivity index (χ1v) is 12.6. The summed E-state index contributed by atoms with van der Waals surface area (Å²) in [5.41, 5.74) is 7.88. The van der Waals surface area contributed by atoms with Crippen LogP contribution in [0.25, 0.3) is 16.7 Å². The Balaban J connectivity index is 0.000000368. The molecule has 1 fully saturated rings. The number of carboxylic acid groups (broad SMARTS) is 2. The molecule has 6 nitrogen and oxygen atoms in total. The maximum absolute atomic E-state index is 13.3. The Morgan fingerprint density at radius 2 is 1.42 bits per heavy atom. The van der Waals surface area contributed by atoms with E-state index in [4.69, 9.17) is 10.2 Å². The lowest BCUT2D eigenvalue weighted by atomic mass is 9.94. The fourth-order valence-corrected chi connectivity index (χ4v) is 4.87. The SMILES string of the molecule is Fc1ccc(-c2cccc3c2CC=C3CCN2CCN(c3ccccc3)CC2)cc1.O=C(O)/C=C\C(=O)O. The third-order valence-electron chi connectivity index (χ3n) is 6.79. The summed E-state index contributed by atoms with van der Waals surface area (Å²) in [6.07, 6.45) is 5.56. The summed E-state index contributed by atoms with van der Waals surface area (Å²) in [5, 5.41) is 15.6. The third-order valence-corrected chi connectivity index (χ3v) is 6.79. The van der Waals surface area contributed by atoms with Crippen molar-refractivity contribution in [3.05, 3.63) is 108 Å². The van der Waals surface area contributed by atoms with E-state index in [9.17, 15) is 14.0 Å². The number of carboxylic acids is 2. The molecule has 2 aliphatic rings. The van der Waals surface area contributed by atoms with Gasteiger partial charge in [0.1, 0.15) is 5.82 Å². The van der Waals surface area contributed by atoms with Crippen LogP contribution in [-0.4, -0.2) is 59.8 Å². The number of halogens is 1. The first-order valence-electron chi connectivity index (χ1n) is 12.6. The zero-order valence-electron chi connectivity index (χ0n) is 21.1. The minimum Gasteiger partial charge on any atom is -0.478 e. The molecule has 0 saturated carbocycles. The highest BCUT2D eigenvalue weighted by Gasteiger charge is 2.21. The minimum absolute atomic E-state index is 0.183. The zero-order valence-corrected chi connectivity index (χ0v) is 21.1. The lowest BCUT2D eigenvalue weighted by molar-refractivity contribution is -0.134. The van der Waals surface area contributed by atoms with Gasteiger partial charge in [-0.15, -0.1) is 0 Å². The Hall–Kier alpha value is -4.23. The molecule has 3 aromatic carbocycles. The first kappa shape index (κ1) is 26.8. The maximum atomic E-state index is 13.3. The molecular formula is C31H31FN2O4. The molecule has 5 rings (SSSR count). The third kappa shape index (κ3) is 7.17. The summed E-state index contributed by atoms with van der Waals surface area (Å²) < 4.78 is 13.3. The Bertz CT molecular complexity index is 1300. The van der Waals surface area contributed by atoms with Crippen LogP contribution in [0.3, 0.4) is 0 Å². The van der Waals surface area contributed by atoms with Gasteiger partial charge in [0.05, 0.1) is 0 Å². The fourth-order valence-electron chi connectivity index (χ4n) is 4.87. The topological polar surface area (TPSA) is 81.1 Å². The molecule has 38 heavy (non-hydrogen) atoms. The number of aliphatic carboxylic acids is 2. The number of piperazine rings is 1. The smallest absolute Gasteiger partial charge is 0.328 e. The predicted octanol–water partition coefficient (Wildman–Crippen LogP) is 5.36. The van der Waals surface area contributed by atoms with Crippen LogP contribution in [0.4, 0.5) is 10.1 Å². The van der Waals surface area contributed by atoms with Crippen LogP contribution in [0.15, 0.2) is 91.0 Å². The van der Waals surface area contributed by atoms with Gasteiger partial charge >= 0.3 is 11.9 Å². The van der Waals surface area contributed by atoms with Gasteiger partial charge in [-0.1, -0.05) is 54.6 Å². The van der Waals surface area contributed by atoms with Gasteiger partial charge in [0.15, 0.2) is 0 Å². The molecule has 1 saturated heterocycles. The quantitative estimate of drug-likeness (QED) is 0.414. The number of anilines is 1. The van der Waals surface area contributed by atoms with Crippen molar-refractivity contribution in [1.29, 1.82) is 0 Å². The molecule has 0 aromatic heterocycles. The molecule has 0 bridgehead atoms. The molecule has 196 valence electrons. The number of hydrogen-bond acceptors (Lipinski definition) is 4. The van der Waals surface area contributed by atoms with Crippen molar-refractivity contribution in [3.63, 3.8) is 0 Å². The highest BCUT2D eigenvalue weighted by molar-refractivity contribution is 5.89. The lowest BCUT2D eigenvalue weighted by Crippen LogP contribution is -2.46. The molecule has 3 aromatic rings. The average Bonchev–Trinajstić information content (AvgIpc) is 3.36. The van der Waals surface area contributed by atoms with Gasteiger partial charge in [0.2, 0.25) is 0 Å². The van der Waals surface area contributed by atoms with Crippen LogP contribution in [-0.2, 0) is 16.0 Å². The van der Waals surface area contributed by atoms with Crippen molar-refractivity contribution in [1.82, 2.24) is 4.90 Å². The van der Waals surface area contributed by atoms with Crippen molar-refractivity contribution in [2.75, 3.05) is 37.6 Å². The van der Waals surface area contributed by atoms with Gasteiger partial charge in [-0.2, -0.15) is 0 Å². The van der Waals surface area contributed by atoms with Gasteiger partial charge in [0, 0.05) is 50.6 Å². The second-order valence-corrected chi connectivity index (χ2v) is 9.20. The normalized spacial score (nSPS) is 15.0. The van der Waals surface area contributed by atoms with Crippen LogP contribution in [0.5, 0.6) is 0 Å². The van der Waals surface area contributed by atoms with Crippen molar-refractivity contribution < 1.29 is 24.2 Å². The van der Waals surface area contributed by atoms with E-state index in [0.29, 0.717) is 12.2 Å². The van der Waals surface area contributed by atoms with E-state index in [1.165, 1.54) is 28.0 Å². The van der Waals surface area contributed by atoms with Crippen LogP contribution >= 0.6 is 0 Å². The summed E-state index contributed by atoms with van der Waals surface area (Å²) in [7, 11) is 0. The predicted molar refractivity (Wildman–Crippen MR) is 148 cm³/mol. The second-order valence-electron chi connectivity index (χ2n) is 9.20. The molecule has 0 spiro atoms. The monoisotopic (exact) mass is 514 g/mol. The van der Waals surface area contributed by atoms with E-state index >= 15 is 0 Å². The van der Waals surface area contributed by atoms with Crippen LogP contribution in [0.1, 0.15) is 17.5 Å². The van der Waals surface area contributed by atoms with Gasteiger partial charge in [0.25, 0.3) is 0 Å². The summed E-state index contributed by atoms with van der Waals surface area (Å²) >= 11 is 0. The molecule has 1 heterocycles. The van der Waals surface area contributed by atoms with E-state index in [1.807, 2.05) is 12.1 Å². The minimum atomic E-state index is -1.26. The molecule has 2 N–H and O–H groups in total. The van der Waals surface area contributed by atoms with Gasteiger partial charge in [-0.05, 0) is 64.9 Å². The van der Waals surface area contributed by atoms with Gasteiger partial charge in [-0.25, -0.2) is 14.0 Å². The van der Waals surface area contributed by atoms with Gasteiger partial charge < -0.3 is 15.1 Å². The molecule has 0 atom stereocenters. The lowest BCUT2D eigenvalue weighted by Gasteiger charge is -2.36. The van der Waals surface area contributed by atoms with Crippen LogP contribution in [0, 0.1) is 5.82 Å². The number of allylic oxidation sites excluding steroid dienone is 1. The number of carbonyl (C=O) groups is 2. The number of hydrogen-bond donors (Lipinski definition) is 2. The van der Waals surface area contributed by atoms with Gasteiger partial charge in [-0.3, -0.25) is 4.90 Å². The Morgan fingerprint density at radius 1 is 0.789 bits per heavy atom. The molecule has 7 heteroatoms. The van der Waals surface area contributed by atoms with Crippen LogP contribution < -0.4 is 4.90 Å². The van der Waals surface area contributed by atoms with E-state index in [0.717, 1.165) is 51.1 Å². The van der Waals surface area contributed by atoms with E-state index in [2.05, 4.69) is 64.4 Å². The number of nitrogens with zero attached hydrogens (tertiary/aromatic N) is 2. The number of para-hydroxylation sites is 1. The number of fused-ring (bicyclic) bond motifs is 1. The molecule has 1 aliphatic heterocycles. The summed E-state index contributed by atoms with van der Waals surface area (Å²) in [6, 6.07) is 24.1. The molecule has 0 unspecified atom stereocenters. The fraction of sp³-hybridized carbons (Fsp3) is 0.226. The summed E-state index contributed by atoms with van der Waals surface area (Å²) in [6.45, 7) is 5.52.